The number of nitrogens with zero attached hydrogens (tertiary/aromatic N) is 5. The predicted octanol–water partition coefficient (Wildman–Crippen LogP) is 2.49. The van der Waals surface area contributed by atoms with Crippen LogP contribution in [0.25, 0.3) is 11.3 Å². The summed E-state index contributed by atoms with van der Waals surface area (Å²) in [6.07, 6.45) is 6.94. The lowest BCUT2D eigenvalue weighted by Gasteiger charge is -2.18. The minimum Gasteiger partial charge on any atom is -0.394 e. The number of rotatable bonds is 11. The van der Waals surface area contributed by atoms with Crippen molar-refractivity contribution in [3.05, 3.63) is 77.0 Å². The quantitative estimate of drug-likeness (QED) is 0.239. The lowest BCUT2D eigenvalue weighted by atomic mass is 10.0. The highest BCUT2D eigenvalue weighted by molar-refractivity contribution is 7.89. The maximum absolute atomic E-state index is 13.1. The van der Waals surface area contributed by atoms with Crippen LogP contribution in [-0.2, 0) is 16.6 Å². The molecular formula is C27H32ClN7O5S. The molecule has 12 nitrogen and oxygen atoms in total. The zero-order valence-corrected chi connectivity index (χ0v) is 24.6. The van der Waals surface area contributed by atoms with Gasteiger partial charge in [-0.1, -0.05) is 25.4 Å². The van der Waals surface area contributed by atoms with E-state index >= 15 is 0 Å². The third-order valence-corrected chi connectivity index (χ3v) is 8.65. The standard InChI is InChI=1S/C27H32ClN7O5S/c1-17(2)10-19(16-36)32-27(38)23-14-29-25-21(6-5-9-34(23)25)26(37)30-12-18-13-31-35(15-18)20-7-8-24(22(28)11-20)41(39,40)33(3)4/h5-9,11,13-15,17,19,36H,10,12,16H2,1-4H3,(H,30,37)(H,32,38). The first-order chi connectivity index (χ1) is 19.4. The van der Waals surface area contributed by atoms with Gasteiger partial charge in [-0.2, -0.15) is 5.10 Å². The number of carbonyl (C=O) groups is 2. The van der Waals surface area contributed by atoms with Crippen molar-refractivity contribution in [1.82, 2.24) is 34.1 Å². The smallest absolute Gasteiger partial charge is 0.270 e. The van der Waals surface area contributed by atoms with Gasteiger partial charge in [0.2, 0.25) is 10.0 Å². The van der Waals surface area contributed by atoms with Crippen LogP contribution in [-0.4, -0.2) is 75.6 Å². The van der Waals surface area contributed by atoms with Crippen LogP contribution in [0.3, 0.4) is 0 Å². The lowest BCUT2D eigenvalue weighted by molar-refractivity contribution is 0.0900. The van der Waals surface area contributed by atoms with Gasteiger partial charge in [0, 0.05) is 38.6 Å². The number of aromatic nitrogens is 4. The highest BCUT2D eigenvalue weighted by Gasteiger charge is 2.22. The molecule has 0 bridgehead atoms. The Balaban J connectivity index is 1.46. The molecule has 3 N–H and O–H groups in total. The zero-order valence-electron chi connectivity index (χ0n) is 23.1. The number of benzene rings is 1. The van der Waals surface area contributed by atoms with Crippen LogP contribution in [0.1, 0.15) is 46.7 Å². The summed E-state index contributed by atoms with van der Waals surface area (Å²) in [4.78, 5) is 30.2. The SMILES string of the molecule is CC(C)CC(CO)NC(=O)c1cnc2c(C(=O)NCc3cnn(-c4ccc(S(=O)(=O)N(C)C)c(Cl)c4)c3)cccn12. The van der Waals surface area contributed by atoms with E-state index < -0.39 is 21.8 Å². The van der Waals surface area contributed by atoms with E-state index in [1.807, 2.05) is 13.8 Å². The van der Waals surface area contributed by atoms with E-state index in [2.05, 4.69) is 20.7 Å². The topological polar surface area (TPSA) is 151 Å². The summed E-state index contributed by atoms with van der Waals surface area (Å²) >= 11 is 6.26. The molecule has 2 amide bonds. The molecule has 1 atom stereocenters. The number of carbonyl (C=O) groups excluding carboxylic acids is 2. The van der Waals surface area contributed by atoms with Gasteiger partial charge >= 0.3 is 0 Å². The zero-order chi connectivity index (χ0) is 29.9. The third kappa shape index (κ3) is 6.59. The van der Waals surface area contributed by atoms with Crippen LogP contribution < -0.4 is 10.6 Å². The Bertz CT molecular complexity index is 1680. The van der Waals surface area contributed by atoms with Gasteiger partial charge in [0.1, 0.15) is 16.2 Å². The Morgan fingerprint density at radius 2 is 1.90 bits per heavy atom. The van der Waals surface area contributed by atoms with E-state index in [0.717, 1.165) is 4.31 Å². The van der Waals surface area contributed by atoms with Crippen LogP contribution in [0.15, 0.2) is 60.0 Å². The van der Waals surface area contributed by atoms with E-state index in [9.17, 15) is 23.1 Å². The van der Waals surface area contributed by atoms with Crippen LogP contribution in [0.5, 0.6) is 0 Å². The molecule has 3 heterocycles. The fraction of sp³-hybridized carbons (Fsp3) is 0.333. The van der Waals surface area contributed by atoms with Crippen molar-refractivity contribution in [2.75, 3.05) is 20.7 Å². The van der Waals surface area contributed by atoms with Gasteiger partial charge in [-0.3, -0.25) is 14.0 Å². The Kier molecular flexibility index (Phi) is 9.12. The summed E-state index contributed by atoms with van der Waals surface area (Å²) in [5.74, 6) is -0.493. The van der Waals surface area contributed by atoms with Crippen molar-refractivity contribution in [3.8, 4) is 5.69 Å². The second-order valence-corrected chi connectivity index (χ2v) is 12.6. The molecular weight excluding hydrogens is 570 g/mol. The Morgan fingerprint density at radius 3 is 2.56 bits per heavy atom. The van der Waals surface area contributed by atoms with E-state index in [4.69, 9.17) is 11.6 Å². The highest BCUT2D eigenvalue weighted by Crippen LogP contribution is 2.26. The average molecular weight is 602 g/mol. The molecule has 4 rings (SSSR count). The Labute approximate surface area is 243 Å². The molecule has 218 valence electrons. The van der Waals surface area contributed by atoms with Crippen molar-refractivity contribution < 1.29 is 23.1 Å². The minimum absolute atomic E-state index is 0.00913. The van der Waals surface area contributed by atoms with Crippen molar-refractivity contribution in [3.63, 3.8) is 0 Å². The first-order valence-electron chi connectivity index (χ1n) is 12.8. The van der Waals surface area contributed by atoms with Crippen molar-refractivity contribution in [2.45, 2.75) is 37.8 Å². The van der Waals surface area contributed by atoms with Gasteiger partial charge < -0.3 is 15.7 Å². The number of pyridine rings is 1. The molecule has 0 aliphatic carbocycles. The fourth-order valence-corrected chi connectivity index (χ4v) is 5.68. The third-order valence-electron chi connectivity index (χ3n) is 6.35. The maximum Gasteiger partial charge on any atom is 0.270 e. The molecule has 1 aromatic carbocycles. The van der Waals surface area contributed by atoms with Crippen LogP contribution in [0, 0.1) is 5.92 Å². The largest absolute Gasteiger partial charge is 0.394 e. The maximum atomic E-state index is 13.1. The number of halogens is 1. The predicted molar refractivity (Wildman–Crippen MR) is 154 cm³/mol. The van der Waals surface area contributed by atoms with Gasteiger partial charge in [0.25, 0.3) is 11.8 Å². The average Bonchev–Trinajstić information content (AvgIpc) is 3.58. The summed E-state index contributed by atoms with van der Waals surface area (Å²) in [6, 6.07) is 7.40. The highest BCUT2D eigenvalue weighted by atomic mass is 35.5. The number of nitrogens with one attached hydrogen (secondary N) is 2. The van der Waals surface area contributed by atoms with E-state index in [1.54, 1.807) is 36.8 Å². The number of sulfonamides is 1. The Morgan fingerprint density at radius 1 is 1.15 bits per heavy atom. The molecule has 1 unspecified atom stereocenters. The molecule has 0 spiro atoms. The number of hydrogen-bond acceptors (Lipinski definition) is 7. The monoisotopic (exact) mass is 601 g/mol. The lowest BCUT2D eigenvalue weighted by Crippen LogP contribution is -2.38. The molecule has 4 aromatic rings. The summed E-state index contributed by atoms with van der Waals surface area (Å²) in [5, 5.41) is 19.6. The molecule has 0 fully saturated rings. The fourth-order valence-electron chi connectivity index (χ4n) is 4.27. The summed E-state index contributed by atoms with van der Waals surface area (Å²) in [6.45, 7) is 3.99. The van der Waals surface area contributed by atoms with Crippen molar-refractivity contribution in [2.24, 2.45) is 5.92 Å². The molecule has 14 heteroatoms. The van der Waals surface area contributed by atoms with E-state index in [0.29, 0.717) is 29.2 Å². The van der Waals surface area contributed by atoms with Crippen LogP contribution >= 0.6 is 11.6 Å². The molecule has 0 saturated heterocycles. The van der Waals surface area contributed by atoms with Crippen molar-refractivity contribution >= 4 is 39.1 Å². The van der Waals surface area contributed by atoms with Gasteiger partial charge in [-0.15, -0.1) is 0 Å². The van der Waals surface area contributed by atoms with E-state index in [1.165, 1.54) is 41.5 Å². The van der Waals surface area contributed by atoms with Gasteiger partial charge in [-0.25, -0.2) is 22.4 Å². The number of fused-ring (bicyclic) bond motifs is 1. The summed E-state index contributed by atoms with van der Waals surface area (Å²) in [7, 11) is -0.833. The molecule has 41 heavy (non-hydrogen) atoms. The van der Waals surface area contributed by atoms with Crippen LogP contribution in [0.4, 0.5) is 0 Å². The molecule has 3 aromatic heterocycles. The molecule has 0 aliphatic heterocycles. The van der Waals surface area contributed by atoms with Gasteiger partial charge in [0.15, 0.2) is 0 Å². The Hall–Kier alpha value is -3.78. The van der Waals surface area contributed by atoms with Gasteiger partial charge in [0.05, 0.1) is 41.3 Å². The number of aliphatic hydroxyl groups excluding tert-OH is 1. The number of imidazole rings is 1. The number of aliphatic hydroxyl groups is 1. The number of hydrogen-bond donors (Lipinski definition) is 3. The summed E-state index contributed by atoms with van der Waals surface area (Å²) in [5.41, 5.74) is 2.09. The van der Waals surface area contributed by atoms with Crippen LogP contribution in [0.2, 0.25) is 5.02 Å². The second kappa shape index (κ2) is 12.4. The van der Waals surface area contributed by atoms with Crippen molar-refractivity contribution in [1.29, 1.82) is 0 Å². The molecule has 0 saturated carbocycles. The first-order valence-corrected chi connectivity index (χ1v) is 14.7. The first kappa shape index (κ1) is 30.2. The van der Waals surface area contributed by atoms with Gasteiger partial charge in [-0.05, 0) is 42.7 Å². The molecule has 0 aliphatic rings. The summed E-state index contributed by atoms with van der Waals surface area (Å²) < 4.78 is 29.0. The number of amides is 2. The normalized spacial score (nSPS) is 12.7. The molecule has 0 radical (unpaired) electrons. The van der Waals surface area contributed by atoms with E-state index in [-0.39, 0.29) is 40.4 Å². The second-order valence-electron chi connectivity index (χ2n) is 10.1. The minimum atomic E-state index is -3.69.